The number of guanidine groups is 1. The van der Waals surface area contributed by atoms with Crippen LogP contribution in [-0.2, 0) is 11.3 Å². The van der Waals surface area contributed by atoms with E-state index in [4.69, 9.17) is 19.2 Å². The van der Waals surface area contributed by atoms with E-state index < -0.39 is 0 Å². The molecule has 8 heteroatoms. The lowest BCUT2D eigenvalue weighted by molar-refractivity contribution is -0.00834. The lowest BCUT2D eigenvalue weighted by Crippen LogP contribution is -2.56. The van der Waals surface area contributed by atoms with Crippen LogP contribution in [0.25, 0.3) is 0 Å². The van der Waals surface area contributed by atoms with Crippen LogP contribution in [0.3, 0.4) is 0 Å². The molecule has 0 atom stereocenters. The second-order valence-corrected chi connectivity index (χ2v) is 7.38. The maximum atomic E-state index is 5.66. The Morgan fingerprint density at radius 1 is 1.17 bits per heavy atom. The Labute approximate surface area is 192 Å². The fraction of sp³-hybridized carbons (Fsp3) is 0.667. The van der Waals surface area contributed by atoms with Gasteiger partial charge >= 0.3 is 0 Å². The molecule has 1 saturated heterocycles. The van der Waals surface area contributed by atoms with Crippen LogP contribution in [0, 0.1) is 0 Å². The summed E-state index contributed by atoms with van der Waals surface area (Å²) in [7, 11) is 1.65. The average molecular weight is 520 g/mol. The molecule has 7 nitrogen and oxygen atoms in total. The summed E-state index contributed by atoms with van der Waals surface area (Å²) in [6.45, 7) is 14.9. The van der Waals surface area contributed by atoms with Gasteiger partial charge in [0.05, 0.1) is 33.5 Å². The molecular formula is C21H37IN4O3. The Hall–Kier alpha value is -1.26. The molecule has 1 aliphatic rings. The van der Waals surface area contributed by atoms with Crippen LogP contribution in [0.15, 0.2) is 23.2 Å². The van der Waals surface area contributed by atoms with Gasteiger partial charge in [0.1, 0.15) is 0 Å². The molecule has 0 amide bonds. The molecule has 1 aromatic rings. The molecule has 1 heterocycles. The second kappa shape index (κ2) is 13.1. The fourth-order valence-electron chi connectivity index (χ4n) is 3.18. The minimum Gasteiger partial charge on any atom is -0.493 e. The predicted molar refractivity (Wildman–Crippen MR) is 129 cm³/mol. The Kier molecular flexibility index (Phi) is 11.7. The molecule has 0 unspecified atom stereocenters. The van der Waals surface area contributed by atoms with E-state index >= 15 is 0 Å². The minimum atomic E-state index is 0. The van der Waals surface area contributed by atoms with Gasteiger partial charge in [-0.05, 0) is 45.4 Å². The van der Waals surface area contributed by atoms with E-state index in [1.54, 1.807) is 7.11 Å². The minimum absolute atomic E-state index is 0. The first-order valence-corrected chi connectivity index (χ1v) is 10.1. The summed E-state index contributed by atoms with van der Waals surface area (Å²) < 4.78 is 16.5. The van der Waals surface area contributed by atoms with E-state index in [1.165, 1.54) is 0 Å². The number of morpholine rings is 1. The zero-order valence-corrected chi connectivity index (χ0v) is 20.7. The summed E-state index contributed by atoms with van der Waals surface area (Å²) in [6.07, 6.45) is 0. The average Bonchev–Trinajstić information content (AvgIpc) is 2.71. The van der Waals surface area contributed by atoms with Gasteiger partial charge in [-0.1, -0.05) is 6.07 Å². The number of hydrogen-bond donors (Lipinski definition) is 2. The highest BCUT2D eigenvalue weighted by atomic mass is 127. The molecular weight excluding hydrogens is 483 g/mol. The normalized spacial score (nSPS) is 15.4. The third-order valence-corrected chi connectivity index (χ3v) is 4.85. The highest BCUT2D eigenvalue weighted by Gasteiger charge is 2.28. The van der Waals surface area contributed by atoms with Crippen LogP contribution < -0.4 is 20.1 Å². The number of hydrogen-bond acceptors (Lipinski definition) is 5. The lowest BCUT2D eigenvalue weighted by atomic mass is 10.0. The molecule has 0 saturated carbocycles. The smallest absolute Gasteiger partial charge is 0.191 e. The zero-order chi connectivity index (χ0) is 20.4. The van der Waals surface area contributed by atoms with Crippen molar-refractivity contribution in [2.24, 2.45) is 4.99 Å². The Morgan fingerprint density at radius 3 is 2.52 bits per heavy atom. The van der Waals surface area contributed by atoms with Gasteiger partial charge in [-0.2, -0.15) is 0 Å². The summed E-state index contributed by atoms with van der Waals surface area (Å²) in [5.74, 6) is 2.31. The van der Waals surface area contributed by atoms with E-state index in [-0.39, 0.29) is 29.5 Å². The molecule has 0 aliphatic carbocycles. The largest absolute Gasteiger partial charge is 0.493 e. The molecule has 0 spiro atoms. The standard InChI is InChI=1S/C21H36N4O3.HI/c1-6-22-20(24-16-21(3,4)25-10-12-27-13-11-25)23-15-17-8-9-18(26-5)19(14-17)28-7-2;/h8-9,14H,6-7,10-13,15-16H2,1-5H3,(H2,22,23,24);1H. The molecule has 1 aromatic carbocycles. The van der Waals surface area contributed by atoms with Crippen molar-refractivity contribution in [3.8, 4) is 11.5 Å². The SMILES string of the molecule is CCNC(=NCc1ccc(OC)c(OCC)c1)NCC(C)(C)N1CCOCC1.I. The van der Waals surface area contributed by atoms with Gasteiger partial charge < -0.3 is 24.8 Å². The van der Waals surface area contributed by atoms with Gasteiger partial charge in [0.25, 0.3) is 0 Å². The van der Waals surface area contributed by atoms with Crippen LogP contribution in [0.1, 0.15) is 33.3 Å². The number of methoxy groups -OCH3 is 1. The zero-order valence-electron chi connectivity index (χ0n) is 18.4. The fourth-order valence-corrected chi connectivity index (χ4v) is 3.18. The predicted octanol–water partition coefficient (Wildman–Crippen LogP) is 2.88. The number of nitrogens with one attached hydrogen (secondary N) is 2. The third-order valence-electron chi connectivity index (χ3n) is 4.85. The molecule has 0 radical (unpaired) electrons. The molecule has 0 bridgehead atoms. The molecule has 1 fully saturated rings. The van der Waals surface area contributed by atoms with Crippen LogP contribution in [0.2, 0.25) is 0 Å². The molecule has 29 heavy (non-hydrogen) atoms. The maximum absolute atomic E-state index is 5.66. The second-order valence-electron chi connectivity index (χ2n) is 7.38. The third kappa shape index (κ3) is 8.18. The van der Waals surface area contributed by atoms with Gasteiger partial charge in [-0.3, -0.25) is 4.90 Å². The van der Waals surface area contributed by atoms with Crippen molar-refractivity contribution >= 4 is 29.9 Å². The quantitative estimate of drug-likeness (QED) is 0.297. The first-order valence-electron chi connectivity index (χ1n) is 10.1. The van der Waals surface area contributed by atoms with Crippen LogP contribution in [-0.4, -0.2) is 69.5 Å². The monoisotopic (exact) mass is 520 g/mol. The first-order chi connectivity index (χ1) is 13.5. The first kappa shape index (κ1) is 25.8. The van der Waals surface area contributed by atoms with Crippen LogP contribution in [0.5, 0.6) is 11.5 Å². The molecule has 2 N–H and O–H groups in total. The summed E-state index contributed by atoms with van der Waals surface area (Å²) in [5, 5.41) is 6.82. The van der Waals surface area contributed by atoms with Crippen molar-refractivity contribution < 1.29 is 14.2 Å². The molecule has 0 aromatic heterocycles. The van der Waals surface area contributed by atoms with Gasteiger partial charge in [0.15, 0.2) is 17.5 Å². The highest BCUT2D eigenvalue weighted by molar-refractivity contribution is 14.0. The van der Waals surface area contributed by atoms with E-state index in [9.17, 15) is 0 Å². The number of benzene rings is 1. The summed E-state index contributed by atoms with van der Waals surface area (Å²) in [5.41, 5.74) is 1.11. The van der Waals surface area contributed by atoms with Crippen molar-refractivity contribution in [3.63, 3.8) is 0 Å². The van der Waals surface area contributed by atoms with Crippen LogP contribution >= 0.6 is 24.0 Å². The topological polar surface area (TPSA) is 67.4 Å². The number of ether oxygens (including phenoxy) is 3. The molecule has 2 rings (SSSR count). The summed E-state index contributed by atoms with van der Waals surface area (Å²) in [4.78, 5) is 7.21. The van der Waals surface area contributed by atoms with E-state index in [2.05, 4.69) is 36.3 Å². The van der Waals surface area contributed by atoms with Gasteiger partial charge in [-0.25, -0.2) is 4.99 Å². The van der Waals surface area contributed by atoms with Crippen molar-refractivity contribution in [2.45, 2.75) is 39.8 Å². The summed E-state index contributed by atoms with van der Waals surface area (Å²) in [6, 6.07) is 5.94. The van der Waals surface area contributed by atoms with E-state index in [1.807, 2.05) is 25.1 Å². The number of halogens is 1. The van der Waals surface area contributed by atoms with Gasteiger partial charge in [-0.15, -0.1) is 24.0 Å². The molecule has 166 valence electrons. The van der Waals surface area contributed by atoms with Crippen molar-refractivity contribution in [1.82, 2.24) is 15.5 Å². The van der Waals surface area contributed by atoms with E-state index in [0.717, 1.165) is 62.4 Å². The van der Waals surface area contributed by atoms with Gasteiger partial charge in [0, 0.05) is 31.7 Å². The molecule has 1 aliphatic heterocycles. The maximum Gasteiger partial charge on any atom is 0.191 e. The lowest BCUT2D eigenvalue weighted by Gasteiger charge is -2.41. The van der Waals surface area contributed by atoms with Crippen LogP contribution in [0.4, 0.5) is 0 Å². The van der Waals surface area contributed by atoms with Crippen molar-refractivity contribution in [2.75, 3.05) is 53.1 Å². The van der Waals surface area contributed by atoms with Crippen molar-refractivity contribution in [1.29, 1.82) is 0 Å². The Bertz CT molecular complexity index is 634. The number of rotatable bonds is 9. The Morgan fingerprint density at radius 2 is 1.90 bits per heavy atom. The van der Waals surface area contributed by atoms with E-state index in [0.29, 0.717) is 13.2 Å². The van der Waals surface area contributed by atoms with Gasteiger partial charge in [0.2, 0.25) is 0 Å². The number of nitrogens with zero attached hydrogens (tertiary/aromatic N) is 2. The number of aliphatic imine (C=N–C) groups is 1. The highest BCUT2D eigenvalue weighted by Crippen LogP contribution is 2.28. The van der Waals surface area contributed by atoms with Crippen molar-refractivity contribution in [3.05, 3.63) is 23.8 Å². The summed E-state index contributed by atoms with van der Waals surface area (Å²) >= 11 is 0. The Balaban J connectivity index is 0.00000420.